The Hall–Kier alpha value is -2.79. The first kappa shape index (κ1) is 15.7. The molecule has 0 atom stereocenters. The number of aromatic amines is 1. The van der Waals surface area contributed by atoms with Gasteiger partial charge in [-0.3, -0.25) is 4.79 Å². The number of hydrogen-bond donors (Lipinski definition) is 2. The molecule has 0 aliphatic carbocycles. The van der Waals surface area contributed by atoms with Crippen molar-refractivity contribution in [2.24, 2.45) is 0 Å². The number of H-pyrrole nitrogens is 1. The number of carbonyl (C=O) groups is 1. The van der Waals surface area contributed by atoms with Gasteiger partial charge < -0.3 is 10.3 Å². The highest BCUT2D eigenvalue weighted by Crippen LogP contribution is 2.24. The molecule has 1 heterocycles. The summed E-state index contributed by atoms with van der Waals surface area (Å²) in [6.45, 7) is 2.05. The maximum absolute atomic E-state index is 12.3. The topological polar surface area (TPSA) is 57.8 Å². The fourth-order valence-electron chi connectivity index (χ4n) is 2.82. The van der Waals surface area contributed by atoms with Gasteiger partial charge in [-0.2, -0.15) is 0 Å². The fraction of sp³-hybridized carbons (Fsp3) is 0.100. The van der Waals surface area contributed by atoms with E-state index in [-0.39, 0.29) is 5.91 Å². The lowest BCUT2D eigenvalue weighted by Gasteiger charge is -2.08. The first-order valence-corrected chi connectivity index (χ1v) is 9.04. The lowest BCUT2D eigenvalue weighted by atomic mass is 10.1. The Morgan fingerprint density at radius 2 is 1.96 bits per heavy atom. The molecule has 0 unspecified atom stereocenters. The third-order valence-electron chi connectivity index (χ3n) is 4.02. The van der Waals surface area contributed by atoms with Gasteiger partial charge in [0.2, 0.25) is 5.91 Å². The molecule has 124 valence electrons. The Morgan fingerprint density at radius 3 is 2.88 bits per heavy atom. The third-order valence-corrected chi connectivity index (χ3v) is 4.89. The number of carbonyl (C=O) groups excluding carboxylic acids is 1. The van der Waals surface area contributed by atoms with Crippen LogP contribution in [0.3, 0.4) is 0 Å². The molecule has 0 saturated heterocycles. The molecule has 0 aliphatic heterocycles. The predicted molar refractivity (Wildman–Crippen MR) is 104 cm³/mol. The van der Waals surface area contributed by atoms with Gasteiger partial charge in [-0.1, -0.05) is 54.2 Å². The highest BCUT2D eigenvalue weighted by atomic mass is 32.2. The number of nitrogens with one attached hydrogen (secondary N) is 2. The van der Waals surface area contributed by atoms with Crippen molar-refractivity contribution in [2.45, 2.75) is 12.1 Å². The quantitative estimate of drug-likeness (QED) is 0.524. The summed E-state index contributed by atoms with van der Waals surface area (Å²) in [5.41, 5.74) is 3.94. The van der Waals surface area contributed by atoms with Crippen LogP contribution >= 0.6 is 11.8 Å². The van der Waals surface area contributed by atoms with Crippen molar-refractivity contribution in [3.8, 4) is 0 Å². The van der Waals surface area contributed by atoms with Crippen molar-refractivity contribution < 1.29 is 4.79 Å². The molecule has 2 N–H and O–H groups in total. The molecular formula is C20H17N3OS. The fourth-order valence-corrected chi connectivity index (χ4v) is 3.51. The van der Waals surface area contributed by atoms with E-state index in [1.807, 2.05) is 61.5 Å². The number of hydrogen-bond acceptors (Lipinski definition) is 3. The zero-order chi connectivity index (χ0) is 17.2. The van der Waals surface area contributed by atoms with E-state index in [0.29, 0.717) is 5.75 Å². The average molecular weight is 347 g/mol. The van der Waals surface area contributed by atoms with Crippen LogP contribution < -0.4 is 5.32 Å². The van der Waals surface area contributed by atoms with Gasteiger partial charge in [-0.05, 0) is 36.1 Å². The lowest BCUT2D eigenvalue weighted by Crippen LogP contribution is -2.14. The Balaban J connectivity index is 1.46. The van der Waals surface area contributed by atoms with Gasteiger partial charge in [0.25, 0.3) is 0 Å². The van der Waals surface area contributed by atoms with Gasteiger partial charge in [-0.15, -0.1) is 0 Å². The number of amides is 1. The molecule has 0 saturated carbocycles. The van der Waals surface area contributed by atoms with E-state index in [1.54, 1.807) is 0 Å². The van der Waals surface area contributed by atoms with Crippen LogP contribution in [0.1, 0.15) is 5.56 Å². The summed E-state index contributed by atoms with van der Waals surface area (Å²) in [5.74, 6) is 0.264. The molecule has 0 aliphatic rings. The first-order chi connectivity index (χ1) is 12.2. The number of fused-ring (bicyclic) bond motifs is 2. The Labute approximate surface area is 149 Å². The minimum absolute atomic E-state index is 0.0435. The van der Waals surface area contributed by atoms with Gasteiger partial charge in [0, 0.05) is 11.1 Å². The zero-order valence-corrected chi connectivity index (χ0v) is 14.6. The zero-order valence-electron chi connectivity index (χ0n) is 13.7. The number of thioether (sulfide) groups is 1. The summed E-state index contributed by atoms with van der Waals surface area (Å²) < 4.78 is 0. The number of anilines is 1. The number of imidazole rings is 1. The van der Waals surface area contributed by atoms with Crippen LogP contribution in [0.2, 0.25) is 0 Å². The van der Waals surface area contributed by atoms with E-state index < -0.39 is 0 Å². The minimum Gasteiger partial charge on any atom is -0.333 e. The van der Waals surface area contributed by atoms with Crippen LogP contribution in [-0.2, 0) is 4.79 Å². The van der Waals surface area contributed by atoms with Gasteiger partial charge in [0.05, 0.1) is 16.8 Å². The van der Waals surface area contributed by atoms with Crippen molar-refractivity contribution in [3.05, 3.63) is 66.2 Å². The normalized spacial score (nSPS) is 11.1. The molecular weight excluding hydrogens is 330 g/mol. The number of rotatable bonds is 4. The molecule has 0 spiro atoms. The van der Waals surface area contributed by atoms with Crippen LogP contribution in [-0.4, -0.2) is 21.6 Å². The molecule has 0 radical (unpaired) electrons. The molecule has 25 heavy (non-hydrogen) atoms. The molecule has 0 bridgehead atoms. The summed E-state index contributed by atoms with van der Waals surface area (Å²) in [6.07, 6.45) is 0. The Kier molecular flexibility index (Phi) is 4.15. The maximum atomic E-state index is 12.3. The Morgan fingerprint density at radius 1 is 1.12 bits per heavy atom. The molecule has 0 fully saturated rings. The molecule has 1 amide bonds. The van der Waals surface area contributed by atoms with Crippen LogP contribution in [0, 0.1) is 6.92 Å². The minimum atomic E-state index is -0.0435. The molecule has 4 aromatic rings. The first-order valence-electron chi connectivity index (χ1n) is 8.06. The van der Waals surface area contributed by atoms with E-state index in [9.17, 15) is 4.79 Å². The van der Waals surface area contributed by atoms with Crippen LogP contribution in [0.5, 0.6) is 0 Å². The standard InChI is InChI=1S/C20H17N3OS/c1-13-9-10-17-18(11-13)23-20(22-17)25-12-19(24)21-16-8-4-6-14-5-2-3-7-15(14)16/h2-11H,12H2,1H3,(H,21,24)(H,22,23). The summed E-state index contributed by atoms with van der Waals surface area (Å²) in [5, 5.41) is 5.91. The van der Waals surface area contributed by atoms with Crippen molar-refractivity contribution in [1.29, 1.82) is 0 Å². The van der Waals surface area contributed by atoms with E-state index in [4.69, 9.17) is 0 Å². The summed E-state index contributed by atoms with van der Waals surface area (Å²) >= 11 is 1.41. The van der Waals surface area contributed by atoms with Crippen molar-refractivity contribution in [2.75, 3.05) is 11.1 Å². The largest absolute Gasteiger partial charge is 0.333 e. The summed E-state index contributed by atoms with van der Waals surface area (Å²) in [7, 11) is 0. The maximum Gasteiger partial charge on any atom is 0.234 e. The van der Waals surface area contributed by atoms with Crippen molar-refractivity contribution >= 4 is 45.2 Å². The van der Waals surface area contributed by atoms with Gasteiger partial charge in [0.15, 0.2) is 5.16 Å². The van der Waals surface area contributed by atoms with Crippen molar-refractivity contribution in [3.63, 3.8) is 0 Å². The molecule has 5 heteroatoms. The second-order valence-corrected chi connectivity index (χ2v) is 6.89. The summed E-state index contributed by atoms with van der Waals surface area (Å²) in [4.78, 5) is 20.1. The van der Waals surface area contributed by atoms with E-state index in [2.05, 4.69) is 21.4 Å². The number of aryl methyl sites for hydroxylation is 1. The SMILES string of the molecule is Cc1ccc2nc(SCC(=O)Nc3cccc4ccccc34)[nH]c2c1. The third kappa shape index (κ3) is 3.37. The molecule has 1 aromatic heterocycles. The Bertz CT molecular complexity index is 1070. The number of aromatic nitrogens is 2. The molecule has 4 nitrogen and oxygen atoms in total. The van der Waals surface area contributed by atoms with Crippen LogP contribution in [0.15, 0.2) is 65.8 Å². The van der Waals surface area contributed by atoms with Gasteiger partial charge >= 0.3 is 0 Å². The highest BCUT2D eigenvalue weighted by molar-refractivity contribution is 7.99. The number of nitrogens with zero attached hydrogens (tertiary/aromatic N) is 1. The van der Waals surface area contributed by atoms with Crippen molar-refractivity contribution in [1.82, 2.24) is 9.97 Å². The predicted octanol–water partition coefficient (Wildman–Crippen LogP) is 4.76. The van der Waals surface area contributed by atoms with Crippen LogP contribution in [0.25, 0.3) is 21.8 Å². The van der Waals surface area contributed by atoms with E-state index in [1.165, 1.54) is 17.3 Å². The molecule has 4 rings (SSSR count). The highest BCUT2D eigenvalue weighted by Gasteiger charge is 2.09. The smallest absolute Gasteiger partial charge is 0.234 e. The average Bonchev–Trinajstić information content (AvgIpc) is 3.02. The number of benzene rings is 3. The molecule has 3 aromatic carbocycles. The second kappa shape index (κ2) is 6.61. The monoisotopic (exact) mass is 347 g/mol. The lowest BCUT2D eigenvalue weighted by molar-refractivity contribution is -0.113. The van der Waals surface area contributed by atoms with Crippen LogP contribution in [0.4, 0.5) is 5.69 Å². The van der Waals surface area contributed by atoms with Gasteiger partial charge in [0.1, 0.15) is 0 Å². The van der Waals surface area contributed by atoms with Gasteiger partial charge in [-0.25, -0.2) is 4.98 Å². The second-order valence-electron chi connectivity index (χ2n) is 5.93. The summed E-state index contributed by atoms with van der Waals surface area (Å²) in [6, 6.07) is 20.0. The van der Waals surface area contributed by atoms with E-state index >= 15 is 0 Å². The van der Waals surface area contributed by atoms with E-state index in [0.717, 1.165) is 32.6 Å².